The molecule has 29 heavy (non-hydrogen) atoms. The molecular weight excluding hydrogens is 390 g/mol. The molecule has 0 bridgehead atoms. The molecule has 0 aliphatic carbocycles. The van der Waals surface area contributed by atoms with Crippen molar-refractivity contribution in [2.75, 3.05) is 45.8 Å². The summed E-state index contributed by atoms with van der Waals surface area (Å²) in [6.07, 6.45) is 5.78. The van der Waals surface area contributed by atoms with Crippen LogP contribution >= 0.6 is 0 Å². The summed E-state index contributed by atoms with van der Waals surface area (Å²) in [5.74, 6) is 0.0651. The van der Waals surface area contributed by atoms with Crippen LogP contribution < -0.4 is 0 Å². The van der Waals surface area contributed by atoms with Crippen molar-refractivity contribution >= 4 is 21.7 Å². The first-order chi connectivity index (χ1) is 13.9. The molecule has 0 aromatic heterocycles. The average Bonchev–Trinajstić information content (AvgIpc) is 2.68. The largest absolute Gasteiger partial charge is 0.342 e. The Balaban J connectivity index is 1.53. The zero-order chi connectivity index (χ0) is 20.9. The third kappa shape index (κ3) is 5.65. The molecule has 0 atom stereocenters. The topological polar surface area (TPSA) is 78.0 Å². The Morgan fingerprint density at radius 1 is 0.828 bits per heavy atom. The highest BCUT2D eigenvalue weighted by Crippen LogP contribution is 2.19. The summed E-state index contributed by atoms with van der Waals surface area (Å²) in [7, 11) is -3.59. The van der Waals surface area contributed by atoms with E-state index in [1.807, 2.05) is 9.80 Å². The molecule has 7 nitrogen and oxygen atoms in total. The van der Waals surface area contributed by atoms with Gasteiger partial charge in [-0.1, -0.05) is 31.4 Å². The normalized spacial score (nSPS) is 20.1. The predicted molar refractivity (Wildman–Crippen MR) is 111 cm³/mol. The minimum absolute atomic E-state index is 0.0905. The zero-order valence-electron chi connectivity index (χ0n) is 17.2. The number of ketones is 1. The fourth-order valence-corrected chi connectivity index (χ4v) is 5.35. The molecule has 0 spiro atoms. The Hall–Kier alpha value is -1.77. The molecule has 2 aliphatic heterocycles. The van der Waals surface area contributed by atoms with Crippen molar-refractivity contribution in [3.63, 3.8) is 0 Å². The Morgan fingerprint density at radius 2 is 1.38 bits per heavy atom. The Kier molecular flexibility index (Phi) is 7.43. The summed E-state index contributed by atoms with van der Waals surface area (Å²) in [6.45, 7) is 5.31. The number of hydrogen-bond acceptors (Lipinski definition) is 5. The van der Waals surface area contributed by atoms with E-state index in [2.05, 4.69) is 0 Å². The van der Waals surface area contributed by atoms with Crippen molar-refractivity contribution in [3.05, 3.63) is 29.8 Å². The van der Waals surface area contributed by atoms with Gasteiger partial charge in [-0.25, -0.2) is 8.42 Å². The third-order valence-corrected chi connectivity index (χ3v) is 7.71. The van der Waals surface area contributed by atoms with Gasteiger partial charge in [-0.05, 0) is 31.9 Å². The van der Waals surface area contributed by atoms with E-state index in [-0.39, 0.29) is 16.6 Å². The number of carbonyl (C=O) groups excluding carboxylic acids is 2. The van der Waals surface area contributed by atoms with E-state index in [1.165, 1.54) is 42.6 Å². The second kappa shape index (κ2) is 9.82. The predicted octanol–water partition coefficient (Wildman–Crippen LogP) is 1.99. The number of Topliss-reactive ketones (excluding diaryl/α,β-unsaturated/α-hetero) is 1. The summed E-state index contributed by atoms with van der Waals surface area (Å²) in [5.41, 5.74) is 0.497. The number of benzene rings is 1. The molecule has 1 aromatic rings. The molecule has 1 aromatic carbocycles. The fourth-order valence-electron chi connectivity index (χ4n) is 3.93. The molecule has 2 aliphatic rings. The first-order valence-electron chi connectivity index (χ1n) is 10.5. The molecule has 2 heterocycles. The van der Waals surface area contributed by atoms with Crippen LogP contribution in [0.1, 0.15) is 49.4 Å². The monoisotopic (exact) mass is 421 g/mol. The Labute approximate surface area is 173 Å². The lowest BCUT2D eigenvalue weighted by atomic mass is 10.1. The van der Waals surface area contributed by atoms with Crippen LogP contribution in [0.25, 0.3) is 0 Å². The van der Waals surface area contributed by atoms with E-state index in [9.17, 15) is 18.0 Å². The highest BCUT2D eigenvalue weighted by Gasteiger charge is 2.29. The molecule has 0 saturated carbocycles. The quantitative estimate of drug-likeness (QED) is 0.680. The molecule has 2 fully saturated rings. The summed E-state index contributed by atoms with van der Waals surface area (Å²) in [6, 6.07) is 6.08. The summed E-state index contributed by atoms with van der Waals surface area (Å²) in [5, 5.41) is 0. The fraction of sp³-hybridized carbons (Fsp3) is 0.619. The minimum Gasteiger partial charge on any atom is -0.342 e. The number of hydrogen-bond donors (Lipinski definition) is 0. The highest BCUT2D eigenvalue weighted by molar-refractivity contribution is 7.89. The second-order valence-electron chi connectivity index (χ2n) is 7.91. The first-order valence-corrected chi connectivity index (χ1v) is 11.9. The Bertz CT molecular complexity index is 807. The molecule has 8 heteroatoms. The van der Waals surface area contributed by atoms with Crippen molar-refractivity contribution in [3.8, 4) is 0 Å². The number of sulfonamides is 1. The molecule has 2 saturated heterocycles. The standard InChI is InChI=1S/C21H31N3O4S/c1-18(25)19-7-9-20(10-8-19)29(27,28)24-15-13-22(14-16-24)17-21(26)23-11-5-3-2-4-6-12-23/h7-10H,2-6,11-17H2,1H3. The Morgan fingerprint density at radius 3 is 1.93 bits per heavy atom. The van der Waals surface area contributed by atoms with Gasteiger partial charge in [0.1, 0.15) is 0 Å². The lowest BCUT2D eigenvalue weighted by Gasteiger charge is -2.35. The molecule has 0 radical (unpaired) electrons. The van der Waals surface area contributed by atoms with Gasteiger partial charge in [0.25, 0.3) is 0 Å². The van der Waals surface area contributed by atoms with Crippen LogP contribution in [-0.2, 0) is 14.8 Å². The van der Waals surface area contributed by atoms with Crippen LogP contribution in [0.4, 0.5) is 0 Å². The maximum atomic E-state index is 12.9. The molecule has 0 unspecified atom stereocenters. The highest BCUT2D eigenvalue weighted by atomic mass is 32.2. The van der Waals surface area contributed by atoms with Crippen molar-refractivity contribution in [1.29, 1.82) is 0 Å². The SMILES string of the molecule is CC(=O)c1ccc(S(=O)(=O)N2CCN(CC(=O)N3CCCCCCC3)CC2)cc1. The number of carbonyl (C=O) groups is 2. The maximum Gasteiger partial charge on any atom is 0.243 e. The minimum atomic E-state index is -3.59. The maximum absolute atomic E-state index is 12.9. The van der Waals surface area contributed by atoms with E-state index in [0.717, 1.165) is 25.9 Å². The van der Waals surface area contributed by atoms with Gasteiger partial charge in [0, 0.05) is 44.8 Å². The van der Waals surface area contributed by atoms with Crippen LogP contribution in [0.2, 0.25) is 0 Å². The van der Waals surface area contributed by atoms with E-state index >= 15 is 0 Å². The van der Waals surface area contributed by atoms with Crippen LogP contribution in [0, 0.1) is 0 Å². The van der Waals surface area contributed by atoms with Crippen LogP contribution in [0.5, 0.6) is 0 Å². The van der Waals surface area contributed by atoms with Crippen molar-refractivity contribution in [1.82, 2.24) is 14.1 Å². The van der Waals surface area contributed by atoms with Crippen molar-refractivity contribution in [2.45, 2.75) is 43.9 Å². The van der Waals surface area contributed by atoms with Crippen molar-refractivity contribution < 1.29 is 18.0 Å². The molecule has 1 amide bonds. The summed E-state index contributed by atoms with van der Waals surface area (Å²) in [4.78, 5) is 28.2. The summed E-state index contributed by atoms with van der Waals surface area (Å²) < 4.78 is 27.2. The molecular formula is C21H31N3O4S. The number of nitrogens with zero attached hydrogens (tertiary/aromatic N) is 3. The smallest absolute Gasteiger partial charge is 0.243 e. The number of piperazine rings is 1. The van der Waals surface area contributed by atoms with Crippen molar-refractivity contribution in [2.24, 2.45) is 0 Å². The van der Waals surface area contributed by atoms with Gasteiger partial charge in [0.2, 0.25) is 15.9 Å². The first kappa shape index (κ1) is 21.9. The number of likely N-dealkylation sites (tertiary alicyclic amines) is 1. The van der Waals surface area contributed by atoms with Gasteiger partial charge in [0.15, 0.2) is 5.78 Å². The van der Waals surface area contributed by atoms with Gasteiger partial charge in [0.05, 0.1) is 11.4 Å². The number of amides is 1. The van der Waals surface area contributed by atoms with Gasteiger partial charge in [-0.3, -0.25) is 14.5 Å². The van der Waals surface area contributed by atoms with Gasteiger partial charge in [-0.2, -0.15) is 4.31 Å². The molecule has 0 N–H and O–H groups in total. The molecule has 3 rings (SSSR count). The van der Waals surface area contributed by atoms with Crippen LogP contribution in [0.3, 0.4) is 0 Å². The zero-order valence-corrected chi connectivity index (χ0v) is 18.0. The summed E-state index contributed by atoms with van der Waals surface area (Å²) >= 11 is 0. The van der Waals surface area contributed by atoms with Gasteiger partial charge in [-0.15, -0.1) is 0 Å². The lowest BCUT2D eigenvalue weighted by molar-refractivity contribution is -0.133. The lowest BCUT2D eigenvalue weighted by Crippen LogP contribution is -2.51. The van der Waals surface area contributed by atoms with Crippen LogP contribution in [-0.4, -0.2) is 80.0 Å². The van der Waals surface area contributed by atoms with Gasteiger partial charge < -0.3 is 4.90 Å². The van der Waals surface area contributed by atoms with E-state index in [4.69, 9.17) is 0 Å². The second-order valence-corrected chi connectivity index (χ2v) is 9.85. The van der Waals surface area contributed by atoms with E-state index in [0.29, 0.717) is 38.3 Å². The molecule has 160 valence electrons. The van der Waals surface area contributed by atoms with Gasteiger partial charge >= 0.3 is 0 Å². The number of rotatable bonds is 5. The van der Waals surface area contributed by atoms with E-state index in [1.54, 1.807) is 12.1 Å². The van der Waals surface area contributed by atoms with Crippen LogP contribution in [0.15, 0.2) is 29.2 Å². The third-order valence-electron chi connectivity index (χ3n) is 5.80. The van der Waals surface area contributed by atoms with E-state index < -0.39 is 10.0 Å². The average molecular weight is 422 g/mol.